The molecule has 19 heteroatoms. The lowest BCUT2D eigenvalue weighted by molar-refractivity contribution is -0.0311. The van der Waals surface area contributed by atoms with E-state index in [2.05, 4.69) is 37.0 Å². The van der Waals surface area contributed by atoms with Crippen molar-refractivity contribution in [2.45, 2.75) is 66.9 Å². The van der Waals surface area contributed by atoms with Gasteiger partial charge in [-0.3, -0.25) is 24.0 Å². The molecule has 66 heavy (non-hydrogen) atoms. The van der Waals surface area contributed by atoms with Gasteiger partial charge in [0.1, 0.15) is 15.3 Å². The number of pyridine rings is 1. The molecule has 4 aromatic carbocycles. The Morgan fingerprint density at radius 2 is 1.32 bits per heavy atom. The van der Waals surface area contributed by atoms with Crippen LogP contribution in [0.4, 0.5) is 11.4 Å². The van der Waals surface area contributed by atoms with Gasteiger partial charge >= 0.3 is 0 Å². The Bertz CT molecular complexity index is 3160. The van der Waals surface area contributed by atoms with Gasteiger partial charge in [0, 0.05) is 88.2 Å². The third-order valence-electron chi connectivity index (χ3n) is 12.4. The zero-order valence-electron chi connectivity index (χ0n) is 36.0. The van der Waals surface area contributed by atoms with Gasteiger partial charge in [-0.2, -0.15) is 4.37 Å². The number of sulfonamides is 2. The number of rotatable bonds is 12. The number of hydrogen-bond acceptors (Lipinski definition) is 13. The average Bonchev–Trinajstić information content (AvgIpc) is 4.03. The molecule has 3 aromatic heterocycles. The smallest absolute Gasteiger partial charge is 0.264 e. The molecule has 2 fully saturated rings. The number of carbonyl (C=O) groups is 2. The minimum Gasteiger partial charge on any atom is -0.390 e. The van der Waals surface area contributed by atoms with Crippen LogP contribution in [0.2, 0.25) is 0 Å². The highest BCUT2D eigenvalue weighted by Gasteiger charge is 2.37. The molecule has 0 unspecified atom stereocenters. The third kappa shape index (κ3) is 9.15. The molecule has 0 radical (unpaired) electrons. The number of benzene rings is 4. The topological polar surface area (TPSA) is 212 Å². The van der Waals surface area contributed by atoms with Crippen LogP contribution in [0.5, 0.6) is 0 Å². The molecule has 7 aromatic rings. The summed E-state index contributed by atoms with van der Waals surface area (Å²) < 4.78 is 70.0. The van der Waals surface area contributed by atoms with Crippen LogP contribution < -0.4 is 9.44 Å². The Morgan fingerprint density at radius 1 is 0.727 bits per heavy atom. The molecule has 4 N–H and O–H groups in total. The monoisotopic (exact) mass is 965 g/mol. The first kappa shape index (κ1) is 45.3. The van der Waals surface area contributed by atoms with Crippen LogP contribution in [0.3, 0.4) is 0 Å². The molecule has 0 spiro atoms. The maximum atomic E-state index is 14.1. The number of amides is 2. The number of likely N-dealkylation sites (tertiary alicyclic amines) is 2. The fraction of sp³-hybridized carbons (Fsp3) is 0.298. The van der Waals surface area contributed by atoms with E-state index in [4.69, 9.17) is 0 Å². The number of carbonyl (C=O) groups excluding carboxylic acids is 2. The van der Waals surface area contributed by atoms with Crippen molar-refractivity contribution in [3.05, 3.63) is 125 Å². The fourth-order valence-corrected chi connectivity index (χ4v) is 12.8. The Hall–Kier alpha value is -5.83. The van der Waals surface area contributed by atoms with Gasteiger partial charge in [0.25, 0.3) is 31.9 Å². The van der Waals surface area contributed by atoms with Crippen molar-refractivity contribution in [3.8, 4) is 11.1 Å². The van der Waals surface area contributed by atoms with Gasteiger partial charge in [-0.15, -0.1) is 0 Å². The number of hydrogen-bond donors (Lipinski definition) is 4. The number of aromatic nitrogens is 3. The fourth-order valence-electron chi connectivity index (χ4n) is 8.97. The highest BCUT2D eigenvalue weighted by molar-refractivity contribution is 7.93. The van der Waals surface area contributed by atoms with Crippen LogP contribution in [-0.4, -0.2) is 94.2 Å². The van der Waals surface area contributed by atoms with Crippen LogP contribution in [0, 0.1) is 5.92 Å². The van der Waals surface area contributed by atoms with Crippen molar-refractivity contribution < 1.29 is 36.6 Å². The summed E-state index contributed by atoms with van der Waals surface area (Å²) in [5, 5.41) is 26.6. The van der Waals surface area contributed by atoms with Crippen molar-refractivity contribution >= 4 is 88.1 Å². The Morgan fingerprint density at radius 3 is 1.89 bits per heavy atom. The van der Waals surface area contributed by atoms with E-state index in [1.54, 1.807) is 69.9 Å². The van der Waals surface area contributed by atoms with Gasteiger partial charge in [0.2, 0.25) is 0 Å². The predicted octanol–water partition coefficient (Wildman–Crippen LogP) is 7.71. The van der Waals surface area contributed by atoms with E-state index in [0.29, 0.717) is 97.2 Å². The summed E-state index contributed by atoms with van der Waals surface area (Å²) in [7, 11) is -8.48. The zero-order valence-corrected chi connectivity index (χ0v) is 39.3. The van der Waals surface area contributed by atoms with Crippen molar-refractivity contribution in [2.75, 3.05) is 35.6 Å². The van der Waals surface area contributed by atoms with Crippen molar-refractivity contribution in [1.82, 2.24) is 23.5 Å². The van der Waals surface area contributed by atoms with E-state index in [9.17, 15) is 36.6 Å². The van der Waals surface area contributed by atoms with Gasteiger partial charge in [0.15, 0.2) is 0 Å². The number of aliphatic hydroxyl groups is 2. The number of fused-ring (bicyclic) bond motifs is 2. The summed E-state index contributed by atoms with van der Waals surface area (Å²) in [6.45, 7) is 5.70. The Labute approximate surface area is 390 Å². The lowest BCUT2D eigenvalue weighted by atomic mass is 9.84. The molecule has 2 saturated heterocycles. The Kier molecular flexibility index (Phi) is 12.2. The minimum atomic E-state index is -4.25. The average molecular weight is 966 g/mol. The lowest BCUT2D eigenvalue weighted by Gasteiger charge is -2.39. The zero-order chi connectivity index (χ0) is 46.4. The Balaban J connectivity index is 0.916. The van der Waals surface area contributed by atoms with Gasteiger partial charge in [0.05, 0.1) is 16.7 Å². The lowest BCUT2D eigenvalue weighted by Crippen LogP contribution is -2.47. The van der Waals surface area contributed by atoms with Crippen molar-refractivity contribution in [3.63, 3.8) is 0 Å². The molecule has 0 bridgehead atoms. The van der Waals surface area contributed by atoms with E-state index in [1.807, 2.05) is 5.38 Å². The predicted molar refractivity (Wildman–Crippen MR) is 256 cm³/mol. The first-order chi connectivity index (χ1) is 31.5. The minimum absolute atomic E-state index is 0.0892. The molecule has 15 nitrogen and oxygen atoms in total. The summed E-state index contributed by atoms with van der Waals surface area (Å²) in [5.41, 5.74) is 1.64. The van der Waals surface area contributed by atoms with Crippen molar-refractivity contribution in [1.29, 1.82) is 0 Å². The normalized spacial score (nSPS) is 16.4. The summed E-state index contributed by atoms with van der Waals surface area (Å²) >= 11 is 2.37. The molecular formula is C47H47N7O8S4. The second kappa shape index (κ2) is 17.8. The third-order valence-corrected chi connectivity index (χ3v) is 16.5. The first-order valence-corrected chi connectivity index (χ1v) is 26.1. The van der Waals surface area contributed by atoms with E-state index in [-0.39, 0.29) is 44.0 Å². The van der Waals surface area contributed by atoms with Crippen LogP contribution in [0.15, 0.2) is 118 Å². The van der Waals surface area contributed by atoms with E-state index in [1.165, 1.54) is 54.1 Å². The SMILES string of the molecule is CC(C)CC1(O)CCN(C(=O)c2ccc(NS(=O)(=O)c3cc(-c4ccc(S(=O)(=O)Nc5ccc(C(=O)N6CCC(O)(c7cnsc7)CC6)cc5)c5ncccc45)cc4csnc34)cc2)CC1. The molecule has 2 aliphatic rings. The molecule has 0 atom stereocenters. The highest BCUT2D eigenvalue weighted by Crippen LogP contribution is 2.38. The summed E-state index contributed by atoms with van der Waals surface area (Å²) in [5.74, 6) is -0.0747. The van der Waals surface area contributed by atoms with Crippen LogP contribution in [-0.2, 0) is 25.6 Å². The van der Waals surface area contributed by atoms with Crippen LogP contribution >= 0.6 is 23.1 Å². The molecule has 0 saturated carbocycles. The molecule has 2 amide bonds. The molecular weight excluding hydrogens is 919 g/mol. The quantitative estimate of drug-likeness (QED) is 0.0932. The molecule has 342 valence electrons. The van der Waals surface area contributed by atoms with E-state index >= 15 is 0 Å². The maximum Gasteiger partial charge on any atom is 0.264 e. The number of nitrogens with zero attached hydrogens (tertiary/aromatic N) is 5. The summed E-state index contributed by atoms with van der Waals surface area (Å²) in [6, 6.07) is 22.1. The largest absolute Gasteiger partial charge is 0.390 e. The van der Waals surface area contributed by atoms with Crippen LogP contribution in [0.25, 0.3) is 32.9 Å². The molecule has 5 heterocycles. The standard InChI is InChI=1S/C47H47N7O8S4/c1-30(2)26-46(57)15-20-53(21-16-46)44(55)31-7-11-37(12-8-31)52-66(61,62)41-25-33(24-34-28-64-50-42(34)41)38-13-14-40(43-39(38)4-3-19-48-43)65(59,60)51-36-9-5-32(6-10-36)45(56)54-22-17-47(58,18-23-54)35-27-49-63-29-35/h3-14,19,24-25,27-30,51-52,57-58H,15-18,20-23,26H2,1-2H3. The molecule has 2 aliphatic heterocycles. The summed E-state index contributed by atoms with van der Waals surface area (Å²) in [4.78, 5) is 34.4. The number of piperidine rings is 2. The second-order valence-corrected chi connectivity index (χ2v) is 22.0. The van der Waals surface area contributed by atoms with Gasteiger partial charge in [-0.25, -0.2) is 21.2 Å². The van der Waals surface area contributed by atoms with E-state index in [0.717, 1.165) is 17.1 Å². The van der Waals surface area contributed by atoms with Crippen molar-refractivity contribution in [2.24, 2.45) is 5.92 Å². The van der Waals surface area contributed by atoms with E-state index < -0.39 is 31.2 Å². The molecule has 9 rings (SSSR count). The van der Waals surface area contributed by atoms with Gasteiger partial charge < -0.3 is 20.0 Å². The second-order valence-electron chi connectivity index (χ2n) is 17.5. The van der Waals surface area contributed by atoms with Gasteiger partial charge in [-0.05, 0) is 145 Å². The van der Waals surface area contributed by atoms with Crippen LogP contribution in [0.1, 0.15) is 72.2 Å². The maximum absolute atomic E-state index is 14.1. The highest BCUT2D eigenvalue weighted by atomic mass is 32.2. The number of anilines is 2. The number of nitrogens with one attached hydrogen (secondary N) is 2. The molecule has 0 aliphatic carbocycles. The summed E-state index contributed by atoms with van der Waals surface area (Å²) in [6.07, 6.45) is 5.56. The first-order valence-electron chi connectivity index (χ1n) is 21.5. The van der Waals surface area contributed by atoms with Gasteiger partial charge in [-0.1, -0.05) is 26.0 Å².